The molecule has 0 radical (unpaired) electrons. The van der Waals surface area contributed by atoms with Crippen LogP contribution < -0.4 is 10.1 Å². The first-order valence-corrected chi connectivity index (χ1v) is 7.74. The molecule has 1 aliphatic carbocycles. The number of hydrogen-bond acceptors (Lipinski definition) is 4. The lowest BCUT2D eigenvalue weighted by atomic mass is 10.1. The van der Waals surface area contributed by atoms with E-state index in [0.29, 0.717) is 5.56 Å². The Morgan fingerprint density at radius 3 is 2.71 bits per heavy atom. The fourth-order valence-electron chi connectivity index (χ4n) is 2.95. The molecule has 124 valence electrons. The first-order chi connectivity index (χ1) is 11.6. The molecule has 24 heavy (non-hydrogen) atoms. The van der Waals surface area contributed by atoms with E-state index >= 15 is 0 Å². The highest BCUT2D eigenvalue weighted by molar-refractivity contribution is 5.83. The van der Waals surface area contributed by atoms with Crippen LogP contribution >= 0.6 is 0 Å². The van der Waals surface area contributed by atoms with E-state index in [4.69, 9.17) is 4.74 Å². The van der Waals surface area contributed by atoms with E-state index in [1.54, 1.807) is 25.3 Å². The van der Waals surface area contributed by atoms with Crippen molar-refractivity contribution >= 4 is 11.6 Å². The summed E-state index contributed by atoms with van der Waals surface area (Å²) < 4.78 is 5.34. The lowest BCUT2D eigenvalue weighted by molar-refractivity contribution is -0.385. The second kappa shape index (κ2) is 6.70. The number of rotatable bonds is 6. The fraction of sp³-hybridized carbons (Fsp3) is 0.278. The van der Waals surface area contributed by atoms with E-state index in [1.807, 2.05) is 24.3 Å². The Hall–Kier alpha value is -2.89. The third-order valence-electron chi connectivity index (χ3n) is 4.31. The molecule has 1 N–H and O–H groups in total. The van der Waals surface area contributed by atoms with E-state index in [9.17, 15) is 14.9 Å². The smallest absolute Gasteiger partial charge is 0.274 e. The Kier molecular flexibility index (Phi) is 4.46. The molecule has 6 heteroatoms. The average molecular weight is 326 g/mol. The van der Waals surface area contributed by atoms with Gasteiger partial charge in [-0.1, -0.05) is 36.4 Å². The van der Waals surface area contributed by atoms with E-state index < -0.39 is 4.92 Å². The Labute approximate surface area is 139 Å². The topological polar surface area (TPSA) is 81.5 Å². The molecular formula is C18H18N2O4. The molecular weight excluding hydrogens is 308 g/mol. The molecule has 2 atom stereocenters. The van der Waals surface area contributed by atoms with E-state index in [1.165, 1.54) is 6.07 Å². The Morgan fingerprint density at radius 2 is 1.96 bits per heavy atom. The molecule has 6 nitrogen and oxygen atoms in total. The van der Waals surface area contributed by atoms with Crippen molar-refractivity contribution in [1.29, 1.82) is 0 Å². The predicted molar refractivity (Wildman–Crippen MR) is 88.8 cm³/mol. The number of amides is 1. The zero-order valence-electron chi connectivity index (χ0n) is 13.3. The lowest BCUT2D eigenvalue weighted by Crippen LogP contribution is -2.25. The predicted octanol–water partition coefficient (Wildman–Crippen LogP) is 3.02. The van der Waals surface area contributed by atoms with Gasteiger partial charge in [-0.3, -0.25) is 14.9 Å². The number of para-hydroxylation sites is 2. The number of benzene rings is 2. The highest BCUT2D eigenvalue weighted by Crippen LogP contribution is 2.50. The summed E-state index contributed by atoms with van der Waals surface area (Å²) in [5.41, 5.74) is 1.56. The summed E-state index contributed by atoms with van der Waals surface area (Å²) in [6, 6.07) is 14.1. The second-order valence-electron chi connectivity index (χ2n) is 5.79. The minimum atomic E-state index is -0.434. The molecule has 0 aromatic heterocycles. The van der Waals surface area contributed by atoms with E-state index in [0.717, 1.165) is 17.7 Å². The number of methoxy groups -OCH3 is 1. The SMILES string of the molecule is COc1ccccc1[C@H]1C[C@@H]1C(=O)NCc1ccccc1[N+](=O)[O-]. The number of ether oxygens (including phenoxy) is 1. The van der Waals surface area contributed by atoms with Gasteiger partial charge in [0.1, 0.15) is 5.75 Å². The Morgan fingerprint density at radius 1 is 1.25 bits per heavy atom. The van der Waals surface area contributed by atoms with Gasteiger partial charge in [-0.25, -0.2) is 0 Å². The van der Waals surface area contributed by atoms with Gasteiger partial charge in [-0.05, 0) is 24.0 Å². The van der Waals surface area contributed by atoms with Crippen LogP contribution in [0.3, 0.4) is 0 Å². The maximum Gasteiger partial charge on any atom is 0.274 e. The third-order valence-corrected chi connectivity index (χ3v) is 4.31. The summed E-state index contributed by atoms with van der Waals surface area (Å²) in [7, 11) is 1.62. The number of nitrogens with zero attached hydrogens (tertiary/aromatic N) is 1. The normalized spacial score (nSPS) is 18.7. The van der Waals surface area contributed by atoms with Gasteiger partial charge in [0.15, 0.2) is 0 Å². The van der Waals surface area contributed by atoms with Crippen LogP contribution in [0.4, 0.5) is 5.69 Å². The largest absolute Gasteiger partial charge is 0.496 e. The van der Waals surface area contributed by atoms with Crippen LogP contribution in [0, 0.1) is 16.0 Å². The van der Waals surface area contributed by atoms with Crippen LogP contribution in [0.15, 0.2) is 48.5 Å². The quantitative estimate of drug-likeness (QED) is 0.653. The molecule has 3 rings (SSSR count). The van der Waals surface area contributed by atoms with Gasteiger partial charge in [-0.15, -0.1) is 0 Å². The van der Waals surface area contributed by atoms with Gasteiger partial charge in [0, 0.05) is 24.1 Å². The van der Waals surface area contributed by atoms with Crippen molar-refractivity contribution in [1.82, 2.24) is 5.32 Å². The average Bonchev–Trinajstić information content (AvgIpc) is 3.40. The second-order valence-corrected chi connectivity index (χ2v) is 5.79. The van der Waals surface area contributed by atoms with Gasteiger partial charge < -0.3 is 10.1 Å². The van der Waals surface area contributed by atoms with Crippen molar-refractivity contribution in [3.05, 3.63) is 69.8 Å². The lowest BCUT2D eigenvalue weighted by Gasteiger charge is -2.08. The summed E-state index contributed by atoms with van der Waals surface area (Å²) >= 11 is 0. The number of nitro groups is 1. The molecule has 1 fully saturated rings. The molecule has 1 amide bonds. The van der Waals surface area contributed by atoms with Gasteiger partial charge in [-0.2, -0.15) is 0 Å². The maximum atomic E-state index is 12.3. The number of nitrogens with one attached hydrogen (secondary N) is 1. The van der Waals surface area contributed by atoms with Crippen molar-refractivity contribution in [3.63, 3.8) is 0 Å². The monoisotopic (exact) mass is 326 g/mol. The summed E-state index contributed by atoms with van der Waals surface area (Å²) in [6.07, 6.45) is 0.767. The molecule has 0 bridgehead atoms. The van der Waals surface area contributed by atoms with Gasteiger partial charge in [0.25, 0.3) is 5.69 Å². The van der Waals surface area contributed by atoms with Gasteiger partial charge >= 0.3 is 0 Å². The van der Waals surface area contributed by atoms with Crippen LogP contribution in [0.1, 0.15) is 23.5 Å². The van der Waals surface area contributed by atoms with Gasteiger partial charge in [0.2, 0.25) is 5.91 Å². The first kappa shape index (κ1) is 16.0. The van der Waals surface area contributed by atoms with Crippen molar-refractivity contribution in [2.24, 2.45) is 5.92 Å². The number of nitro benzene ring substituents is 1. The van der Waals surface area contributed by atoms with Crippen molar-refractivity contribution in [3.8, 4) is 5.75 Å². The Balaban J connectivity index is 1.63. The van der Waals surface area contributed by atoms with Crippen LogP contribution in [-0.2, 0) is 11.3 Å². The summed E-state index contributed by atoms with van der Waals surface area (Å²) in [4.78, 5) is 22.9. The van der Waals surface area contributed by atoms with E-state index in [2.05, 4.69) is 5.32 Å². The third kappa shape index (κ3) is 3.22. The minimum Gasteiger partial charge on any atom is -0.496 e. The van der Waals surface area contributed by atoms with E-state index in [-0.39, 0.29) is 30.0 Å². The molecule has 0 heterocycles. The molecule has 1 aliphatic rings. The van der Waals surface area contributed by atoms with Crippen molar-refractivity contribution in [2.45, 2.75) is 18.9 Å². The molecule has 0 saturated heterocycles. The zero-order chi connectivity index (χ0) is 17.1. The number of hydrogen-bond donors (Lipinski definition) is 1. The van der Waals surface area contributed by atoms with Crippen LogP contribution in [0.2, 0.25) is 0 Å². The van der Waals surface area contributed by atoms with Crippen LogP contribution in [0.5, 0.6) is 5.75 Å². The summed E-state index contributed by atoms with van der Waals surface area (Å²) in [5, 5.41) is 13.8. The van der Waals surface area contributed by atoms with Crippen LogP contribution in [-0.4, -0.2) is 17.9 Å². The highest BCUT2D eigenvalue weighted by Gasteiger charge is 2.45. The number of carbonyl (C=O) groups excluding carboxylic acids is 1. The zero-order valence-corrected chi connectivity index (χ0v) is 13.3. The van der Waals surface area contributed by atoms with Crippen molar-refractivity contribution < 1.29 is 14.5 Å². The molecule has 2 aromatic rings. The highest BCUT2D eigenvalue weighted by atomic mass is 16.6. The van der Waals surface area contributed by atoms with Crippen molar-refractivity contribution in [2.75, 3.05) is 7.11 Å². The molecule has 0 aliphatic heterocycles. The fourth-order valence-corrected chi connectivity index (χ4v) is 2.95. The molecule has 0 unspecified atom stereocenters. The van der Waals surface area contributed by atoms with Crippen LogP contribution in [0.25, 0.3) is 0 Å². The standard InChI is InChI=1S/C18H18N2O4/c1-24-17-9-5-3-7-13(17)14-10-15(14)18(21)19-11-12-6-2-4-8-16(12)20(22)23/h2-9,14-15H,10-11H2,1H3,(H,19,21)/t14-,15+/m1/s1. The molecule has 0 spiro atoms. The summed E-state index contributed by atoms with van der Waals surface area (Å²) in [5.74, 6) is 0.747. The minimum absolute atomic E-state index is 0.0230. The summed E-state index contributed by atoms with van der Waals surface area (Å²) in [6.45, 7) is 0.158. The first-order valence-electron chi connectivity index (χ1n) is 7.74. The number of carbonyl (C=O) groups is 1. The van der Waals surface area contributed by atoms with Gasteiger partial charge in [0.05, 0.1) is 12.0 Å². The molecule has 1 saturated carbocycles. The Bertz CT molecular complexity index is 775. The maximum absolute atomic E-state index is 12.3. The molecule has 2 aromatic carbocycles.